The van der Waals surface area contributed by atoms with Gasteiger partial charge in [0.15, 0.2) is 0 Å². The van der Waals surface area contributed by atoms with Gasteiger partial charge >= 0.3 is 5.69 Å². The minimum absolute atomic E-state index is 0.102. The number of ether oxygens (including phenoxy) is 1. The number of carbonyl (C=O) groups is 1. The molecule has 0 aliphatic carbocycles. The zero-order valence-corrected chi connectivity index (χ0v) is 29.4. The Morgan fingerprint density at radius 1 is 1.00 bits per heavy atom. The molecule has 0 saturated carbocycles. The number of anilines is 1. The fraction of sp³-hybridized carbons (Fsp3) is 0.361. The standard InChI is InChI=1S/C36H44N3O5PSi/c1-26-23-39(35(41)38-33(26)37-34(40)27-16-10-7-11-17-27)32-22-28(25-45(5,42)36(2,3)4)31(44-32)24-43-46(6,29-18-12-8-13-19-29)30-20-14-9-15-21-30/h7-21,23,28,31-32H,22,24-25H2,1-6H3,(H,37,38,40,41)/t28-,31-,32?,45?/m1/s1. The van der Waals surface area contributed by atoms with Gasteiger partial charge in [-0.1, -0.05) is 99.6 Å². The van der Waals surface area contributed by atoms with Gasteiger partial charge in [-0.2, -0.15) is 4.98 Å². The van der Waals surface area contributed by atoms with Gasteiger partial charge in [0.25, 0.3) is 14.2 Å². The van der Waals surface area contributed by atoms with E-state index in [4.69, 9.17) is 9.16 Å². The monoisotopic (exact) mass is 657 g/mol. The average Bonchev–Trinajstić information content (AvgIpc) is 3.43. The molecular formula is C36H44N3O5PSi. The summed E-state index contributed by atoms with van der Waals surface area (Å²) in [5, 5.41) is 4.68. The summed E-state index contributed by atoms with van der Waals surface area (Å²) in [6.45, 7) is 12.2. The molecule has 4 aromatic rings. The zero-order valence-electron chi connectivity index (χ0n) is 27.5. The van der Waals surface area contributed by atoms with Gasteiger partial charge in [0.05, 0.1) is 19.9 Å². The van der Waals surface area contributed by atoms with Gasteiger partial charge < -0.3 is 19.0 Å². The molecule has 4 atom stereocenters. The summed E-state index contributed by atoms with van der Waals surface area (Å²) < 4.78 is 29.0. The van der Waals surface area contributed by atoms with Crippen LogP contribution in [0.15, 0.2) is 102 Å². The normalized spacial score (nSPS) is 19.8. The van der Waals surface area contributed by atoms with Crippen LogP contribution < -0.4 is 21.4 Å². The van der Waals surface area contributed by atoms with E-state index in [2.05, 4.69) is 41.1 Å². The van der Waals surface area contributed by atoms with Crippen LogP contribution in [-0.4, -0.2) is 54.5 Å². The van der Waals surface area contributed by atoms with Crippen molar-refractivity contribution in [1.82, 2.24) is 9.55 Å². The molecule has 1 aliphatic heterocycles. The maximum Gasteiger partial charge on any atom is 0.351 e. The molecule has 3 aromatic carbocycles. The molecular weight excluding hydrogens is 613 g/mol. The molecule has 1 aromatic heterocycles. The maximum absolute atomic E-state index is 14.0. The Morgan fingerprint density at radius 3 is 2.09 bits per heavy atom. The minimum Gasteiger partial charge on any atom is -0.406 e. The van der Waals surface area contributed by atoms with Crippen molar-refractivity contribution in [3.63, 3.8) is 0 Å². The molecule has 5 rings (SSSR count). The first-order chi connectivity index (χ1) is 21.8. The van der Waals surface area contributed by atoms with Crippen molar-refractivity contribution < 1.29 is 18.5 Å². The highest BCUT2D eigenvalue weighted by Crippen LogP contribution is 2.57. The Balaban J connectivity index is 1.42. The number of amides is 1. The van der Waals surface area contributed by atoms with Crippen LogP contribution in [0.5, 0.6) is 0 Å². The Hall–Kier alpha value is -3.62. The molecule has 1 N–H and O–H groups in total. The zero-order chi connectivity index (χ0) is 33.1. The van der Waals surface area contributed by atoms with Crippen molar-refractivity contribution >= 4 is 37.6 Å². The number of benzene rings is 3. The lowest BCUT2D eigenvalue weighted by Gasteiger charge is -2.33. The van der Waals surface area contributed by atoms with E-state index in [0.29, 0.717) is 30.3 Å². The van der Waals surface area contributed by atoms with E-state index in [0.717, 1.165) is 10.4 Å². The fourth-order valence-corrected chi connectivity index (χ4v) is 10.5. The lowest BCUT2D eigenvalue weighted by Crippen LogP contribution is -2.59. The van der Waals surface area contributed by atoms with E-state index in [1.165, 1.54) is 4.57 Å². The third-order valence-corrected chi connectivity index (χ3v) is 16.9. The summed E-state index contributed by atoms with van der Waals surface area (Å²) in [6.07, 6.45) is 1.65. The second kappa shape index (κ2) is 13.6. The van der Waals surface area contributed by atoms with Gasteiger partial charge in [0, 0.05) is 28.6 Å². The Kier molecular flexibility index (Phi) is 9.99. The highest BCUT2D eigenvalue weighted by molar-refractivity contribution is 7.64. The first-order valence-corrected chi connectivity index (χ1v) is 20.5. The first-order valence-electron chi connectivity index (χ1n) is 15.7. The molecule has 2 heterocycles. The number of carbonyl (C=O) groups excluding carboxylic acids is 1. The summed E-state index contributed by atoms with van der Waals surface area (Å²) in [6, 6.07) is 29.4. The second-order valence-corrected chi connectivity index (χ2v) is 20.9. The molecule has 1 aliphatic rings. The molecule has 0 spiro atoms. The van der Waals surface area contributed by atoms with E-state index in [1.807, 2.05) is 69.9 Å². The van der Waals surface area contributed by atoms with Crippen LogP contribution in [0.1, 0.15) is 49.3 Å². The number of rotatable bonds is 10. The van der Waals surface area contributed by atoms with Crippen molar-refractivity contribution in [2.24, 2.45) is 5.92 Å². The summed E-state index contributed by atoms with van der Waals surface area (Å²) in [4.78, 5) is 30.4. The topological polar surface area (TPSA) is 99.5 Å². The third kappa shape index (κ3) is 7.34. The number of aryl methyl sites for hydroxylation is 1. The Morgan fingerprint density at radius 2 is 1.54 bits per heavy atom. The average molecular weight is 658 g/mol. The fourth-order valence-electron chi connectivity index (χ4n) is 5.81. The van der Waals surface area contributed by atoms with Crippen molar-refractivity contribution in [3.05, 3.63) is 119 Å². The van der Waals surface area contributed by atoms with Crippen LogP contribution in [0.3, 0.4) is 0 Å². The van der Waals surface area contributed by atoms with Crippen LogP contribution in [0, 0.1) is 12.8 Å². The van der Waals surface area contributed by atoms with E-state index in [-0.39, 0.29) is 28.9 Å². The van der Waals surface area contributed by atoms with Gasteiger partial charge in [-0.3, -0.25) is 9.36 Å². The second-order valence-electron chi connectivity index (χ2n) is 13.4. The quantitative estimate of drug-likeness (QED) is 0.168. The van der Waals surface area contributed by atoms with Crippen LogP contribution in [0.4, 0.5) is 5.82 Å². The molecule has 2 unspecified atom stereocenters. The summed E-state index contributed by atoms with van der Waals surface area (Å²) in [7, 11) is -5.25. The molecule has 1 amide bonds. The van der Waals surface area contributed by atoms with Gasteiger partial charge in [-0.25, -0.2) is 4.79 Å². The number of hydrogen-bond donors (Lipinski definition) is 1. The minimum atomic E-state index is -2.64. The molecule has 0 bridgehead atoms. The van der Waals surface area contributed by atoms with E-state index in [1.54, 1.807) is 37.4 Å². The smallest absolute Gasteiger partial charge is 0.351 e. The highest BCUT2D eigenvalue weighted by Gasteiger charge is 2.44. The summed E-state index contributed by atoms with van der Waals surface area (Å²) >= 11 is 0. The predicted octanol–water partition coefficient (Wildman–Crippen LogP) is 5.91. The lowest BCUT2D eigenvalue weighted by molar-refractivity contribution is -0.0271. The van der Waals surface area contributed by atoms with Crippen LogP contribution in [0.25, 0.3) is 0 Å². The van der Waals surface area contributed by atoms with Crippen LogP contribution >= 0.6 is 7.14 Å². The Bertz CT molecular complexity index is 1720. The maximum atomic E-state index is 14.0. The number of aromatic nitrogens is 2. The van der Waals surface area contributed by atoms with Gasteiger partial charge in [0.1, 0.15) is 12.0 Å². The largest absolute Gasteiger partial charge is 0.406 e. The molecule has 242 valence electrons. The van der Waals surface area contributed by atoms with Gasteiger partial charge in [-0.15, -0.1) is 0 Å². The van der Waals surface area contributed by atoms with Crippen LogP contribution in [-0.2, 0) is 13.7 Å². The summed E-state index contributed by atoms with van der Waals surface area (Å²) in [5.74, 6) is -0.231. The SMILES string of the molecule is Cc1cn(C2C[C@H](CP(C)(=O)C(C)(C)C)[C@@H](CO[Si](C)(c3ccccc3)c3ccccc3)O2)c(=O)nc1NC(=O)c1ccccc1. The van der Waals surface area contributed by atoms with E-state index in [9.17, 15) is 14.2 Å². The Labute approximate surface area is 272 Å². The molecule has 8 nitrogen and oxygen atoms in total. The highest BCUT2D eigenvalue weighted by atomic mass is 31.2. The van der Waals surface area contributed by atoms with Crippen molar-refractivity contribution in [2.75, 3.05) is 24.8 Å². The molecule has 0 radical (unpaired) electrons. The molecule has 46 heavy (non-hydrogen) atoms. The molecule has 1 fully saturated rings. The van der Waals surface area contributed by atoms with Gasteiger partial charge in [0.2, 0.25) is 0 Å². The summed E-state index contributed by atoms with van der Waals surface area (Å²) in [5.41, 5.74) is 0.581. The van der Waals surface area contributed by atoms with Crippen molar-refractivity contribution in [1.29, 1.82) is 0 Å². The van der Waals surface area contributed by atoms with Crippen LogP contribution in [0.2, 0.25) is 6.55 Å². The molecule has 1 saturated heterocycles. The van der Waals surface area contributed by atoms with E-state index < -0.39 is 27.4 Å². The van der Waals surface area contributed by atoms with E-state index >= 15 is 0 Å². The van der Waals surface area contributed by atoms with Gasteiger partial charge in [-0.05, 0) is 55.0 Å². The number of hydrogen-bond acceptors (Lipinski definition) is 6. The predicted molar refractivity (Wildman–Crippen MR) is 188 cm³/mol. The third-order valence-electron chi connectivity index (χ3n) is 9.26. The van der Waals surface area contributed by atoms with Crippen molar-refractivity contribution in [2.45, 2.75) is 58.2 Å². The molecule has 10 heteroatoms. The van der Waals surface area contributed by atoms with Crippen molar-refractivity contribution in [3.8, 4) is 0 Å². The lowest BCUT2D eigenvalue weighted by atomic mass is 10.0. The first kappa shape index (κ1) is 33.7. The number of nitrogens with one attached hydrogen (secondary N) is 1. The number of nitrogens with zero attached hydrogens (tertiary/aromatic N) is 2.